The monoisotopic (exact) mass is 299 g/mol. The van der Waals surface area contributed by atoms with Crippen LogP contribution in [0.2, 0.25) is 5.02 Å². The van der Waals surface area contributed by atoms with E-state index in [-0.39, 0.29) is 0 Å². The van der Waals surface area contributed by atoms with E-state index in [1.165, 1.54) is 0 Å². The Labute approximate surface area is 127 Å². The number of hydrogen-bond acceptors (Lipinski definition) is 4. The van der Waals surface area contributed by atoms with Crippen LogP contribution in [0.25, 0.3) is 10.9 Å². The van der Waals surface area contributed by atoms with Gasteiger partial charge in [0.05, 0.1) is 16.7 Å². The van der Waals surface area contributed by atoms with Crippen LogP contribution >= 0.6 is 11.6 Å². The van der Waals surface area contributed by atoms with Crippen molar-refractivity contribution in [3.63, 3.8) is 0 Å². The van der Waals surface area contributed by atoms with Crippen LogP contribution in [-0.4, -0.2) is 17.0 Å². The Balaban J connectivity index is 1.88. The van der Waals surface area contributed by atoms with Crippen molar-refractivity contribution < 1.29 is 4.74 Å². The highest BCUT2D eigenvalue weighted by Crippen LogP contribution is 2.22. The van der Waals surface area contributed by atoms with E-state index in [0.29, 0.717) is 17.4 Å². The van der Waals surface area contributed by atoms with Gasteiger partial charge in [0.1, 0.15) is 18.2 Å². The van der Waals surface area contributed by atoms with Gasteiger partial charge in [0.25, 0.3) is 0 Å². The lowest BCUT2D eigenvalue weighted by molar-refractivity contribution is 0.305. The Bertz CT molecular complexity index is 776. The highest BCUT2D eigenvalue weighted by molar-refractivity contribution is 6.30. The van der Waals surface area contributed by atoms with Gasteiger partial charge in [0.15, 0.2) is 0 Å². The summed E-state index contributed by atoms with van der Waals surface area (Å²) in [6.45, 7) is 0.399. The number of pyridine rings is 2. The molecule has 1 N–H and O–H groups in total. The highest BCUT2D eigenvalue weighted by Gasteiger charge is 2.07. The van der Waals surface area contributed by atoms with E-state index in [2.05, 4.69) is 21.4 Å². The van der Waals surface area contributed by atoms with E-state index >= 15 is 0 Å². The van der Waals surface area contributed by atoms with E-state index < -0.39 is 0 Å². The van der Waals surface area contributed by atoms with Gasteiger partial charge in [-0.2, -0.15) is 0 Å². The number of nitrogens with one attached hydrogen (secondary N) is 1. The average Bonchev–Trinajstić information content (AvgIpc) is 2.52. The number of nitrogens with zero attached hydrogens (tertiary/aromatic N) is 2. The Kier molecular flexibility index (Phi) is 3.88. The number of anilines is 1. The zero-order chi connectivity index (χ0) is 14.7. The third-order valence-electron chi connectivity index (χ3n) is 3.11. The average molecular weight is 300 g/mol. The summed E-state index contributed by atoms with van der Waals surface area (Å²) in [7, 11) is 1.85. The van der Waals surface area contributed by atoms with Crippen molar-refractivity contribution in [2.75, 3.05) is 12.4 Å². The van der Waals surface area contributed by atoms with Gasteiger partial charge in [-0.05, 0) is 12.1 Å². The lowest BCUT2D eigenvalue weighted by atomic mass is 10.1. The van der Waals surface area contributed by atoms with E-state index in [4.69, 9.17) is 16.3 Å². The van der Waals surface area contributed by atoms with Crippen molar-refractivity contribution in [2.24, 2.45) is 0 Å². The molecule has 0 spiro atoms. The van der Waals surface area contributed by atoms with Gasteiger partial charge in [-0.1, -0.05) is 29.8 Å². The number of para-hydroxylation sites is 1. The predicted octanol–water partition coefficient (Wildman–Crippen LogP) is 3.90. The fraction of sp³-hybridized carbons (Fsp3) is 0.125. The van der Waals surface area contributed by atoms with Gasteiger partial charge in [-0.25, -0.2) is 4.98 Å². The summed E-state index contributed by atoms with van der Waals surface area (Å²) in [6, 6.07) is 11.8. The number of benzene rings is 1. The quantitative estimate of drug-likeness (QED) is 0.793. The van der Waals surface area contributed by atoms with E-state index in [9.17, 15) is 0 Å². The van der Waals surface area contributed by atoms with Crippen molar-refractivity contribution in [1.29, 1.82) is 0 Å². The number of aromatic nitrogens is 2. The number of hydrogen-bond donors (Lipinski definition) is 1. The topological polar surface area (TPSA) is 47.0 Å². The van der Waals surface area contributed by atoms with E-state index in [1.54, 1.807) is 18.5 Å². The first-order valence-electron chi connectivity index (χ1n) is 6.56. The minimum Gasteiger partial charge on any atom is -0.487 e. The number of rotatable bonds is 4. The van der Waals surface area contributed by atoms with Crippen molar-refractivity contribution in [2.45, 2.75) is 6.61 Å². The molecule has 3 aromatic rings. The summed E-state index contributed by atoms with van der Waals surface area (Å²) in [5.74, 6) is 1.45. The van der Waals surface area contributed by atoms with Crippen LogP contribution < -0.4 is 10.1 Å². The van der Waals surface area contributed by atoms with Crippen molar-refractivity contribution >= 4 is 28.3 Å². The molecule has 0 unspecified atom stereocenters. The predicted molar refractivity (Wildman–Crippen MR) is 84.9 cm³/mol. The molecular formula is C16H14ClN3O. The molecule has 0 radical (unpaired) electrons. The van der Waals surface area contributed by atoms with E-state index in [0.717, 1.165) is 22.3 Å². The second-order valence-electron chi connectivity index (χ2n) is 4.57. The summed E-state index contributed by atoms with van der Waals surface area (Å²) in [5.41, 5.74) is 1.94. The summed E-state index contributed by atoms with van der Waals surface area (Å²) < 4.78 is 5.74. The van der Waals surface area contributed by atoms with Crippen LogP contribution in [0.4, 0.5) is 5.82 Å². The summed E-state index contributed by atoms with van der Waals surface area (Å²) in [4.78, 5) is 8.59. The summed E-state index contributed by atoms with van der Waals surface area (Å²) >= 11 is 5.90. The minimum absolute atomic E-state index is 0.399. The van der Waals surface area contributed by atoms with Gasteiger partial charge in [-0.15, -0.1) is 0 Å². The molecule has 1 aromatic carbocycles. The smallest absolute Gasteiger partial charge is 0.139 e. The molecule has 4 nitrogen and oxygen atoms in total. The molecule has 0 saturated heterocycles. The second-order valence-corrected chi connectivity index (χ2v) is 5.00. The van der Waals surface area contributed by atoms with E-state index in [1.807, 2.05) is 31.3 Å². The molecule has 0 saturated carbocycles. The number of ether oxygens (including phenoxy) is 1. The van der Waals surface area contributed by atoms with Crippen LogP contribution in [0.15, 0.2) is 48.8 Å². The zero-order valence-electron chi connectivity index (χ0n) is 11.5. The maximum Gasteiger partial charge on any atom is 0.139 e. The first-order valence-corrected chi connectivity index (χ1v) is 6.94. The lowest BCUT2D eigenvalue weighted by Gasteiger charge is -2.11. The van der Waals surface area contributed by atoms with Gasteiger partial charge in [0.2, 0.25) is 0 Å². The Morgan fingerprint density at radius 3 is 2.86 bits per heavy atom. The highest BCUT2D eigenvalue weighted by atomic mass is 35.5. The van der Waals surface area contributed by atoms with Gasteiger partial charge in [-0.3, -0.25) is 4.98 Å². The molecule has 0 amide bonds. The summed E-state index contributed by atoms with van der Waals surface area (Å²) in [6.07, 6.45) is 3.21. The molecule has 5 heteroatoms. The van der Waals surface area contributed by atoms with Crippen molar-refractivity contribution in [1.82, 2.24) is 9.97 Å². The normalized spacial score (nSPS) is 10.6. The Morgan fingerprint density at radius 1 is 1.19 bits per heavy atom. The SMILES string of the molecule is CNc1nc2ccccc2cc1COc1cncc(Cl)c1. The fourth-order valence-corrected chi connectivity index (χ4v) is 2.28. The van der Waals surface area contributed by atoms with Gasteiger partial charge < -0.3 is 10.1 Å². The third kappa shape index (κ3) is 3.06. The van der Waals surface area contributed by atoms with Crippen LogP contribution in [0.5, 0.6) is 5.75 Å². The molecule has 3 rings (SSSR count). The molecule has 0 aliphatic heterocycles. The Hall–Kier alpha value is -2.33. The molecule has 106 valence electrons. The van der Waals surface area contributed by atoms with Crippen LogP contribution in [0, 0.1) is 0 Å². The van der Waals surface area contributed by atoms with Crippen molar-refractivity contribution in [3.8, 4) is 5.75 Å². The molecule has 0 atom stereocenters. The van der Waals surface area contributed by atoms with Crippen LogP contribution in [0.3, 0.4) is 0 Å². The summed E-state index contributed by atoms with van der Waals surface area (Å²) in [5, 5.41) is 4.74. The third-order valence-corrected chi connectivity index (χ3v) is 3.32. The standard InChI is InChI=1S/C16H14ClN3O/c1-18-16-12(6-11-4-2-3-5-15(11)20-16)10-21-14-7-13(17)8-19-9-14/h2-9H,10H2,1H3,(H,18,20). The number of halogens is 1. The van der Waals surface area contributed by atoms with Gasteiger partial charge in [0, 0.05) is 30.3 Å². The molecule has 0 aliphatic rings. The molecule has 0 bridgehead atoms. The zero-order valence-corrected chi connectivity index (χ0v) is 12.3. The Morgan fingerprint density at radius 2 is 2.05 bits per heavy atom. The molecule has 2 aromatic heterocycles. The van der Waals surface area contributed by atoms with Crippen LogP contribution in [0.1, 0.15) is 5.56 Å². The first-order chi connectivity index (χ1) is 10.3. The largest absolute Gasteiger partial charge is 0.487 e. The second kappa shape index (κ2) is 5.97. The van der Waals surface area contributed by atoms with Crippen LogP contribution in [-0.2, 0) is 6.61 Å². The molecule has 2 heterocycles. The van der Waals surface area contributed by atoms with Crippen molar-refractivity contribution in [3.05, 3.63) is 59.4 Å². The molecular weight excluding hydrogens is 286 g/mol. The number of fused-ring (bicyclic) bond motifs is 1. The first kappa shape index (κ1) is 13.6. The van der Waals surface area contributed by atoms with Gasteiger partial charge >= 0.3 is 0 Å². The fourth-order valence-electron chi connectivity index (χ4n) is 2.12. The maximum absolute atomic E-state index is 5.90. The molecule has 0 fully saturated rings. The molecule has 21 heavy (non-hydrogen) atoms. The lowest BCUT2D eigenvalue weighted by Crippen LogP contribution is -2.03. The molecule has 0 aliphatic carbocycles. The maximum atomic E-state index is 5.90. The minimum atomic E-state index is 0.399.